The van der Waals surface area contributed by atoms with Gasteiger partial charge >= 0.3 is 5.97 Å². The van der Waals surface area contributed by atoms with E-state index >= 15 is 0 Å². The van der Waals surface area contributed by atoms with E-state index in [9.17, 15) is 14.4 Å². The first kappa shape index (κ1) is 14.7. The van der Waals surface area contributed by atoms with Crippen molar-refractivity contribution in [1.82, 2.24) is 4.57 Å². The minimum atomic E-state index is -0.664. The molecule has 0 radical (unpaired) electrons. The Balaban J connectivity index is 2.29. The summed E-state index contributed by atoms with van der Waals surface area (Å²) in [5.41, 5.74) is 1.24. The maximum atomic E-state index is 12.5. The lowest BCUT2D eigenvalue weighted by molar-refractivity contribution is -0.143. The second-order valence-electron chi connectivity index (χ2n) is 5.16. The van der Waals surface area contributed by atoms with Gasteiger partial charge in [0.25, 0.3) is 5.56 Å². The summed E-state index contributed by atoms with van der Waals surface area (Å²) in [6.45, 7) is 0. The summed E-state index contributed by atoms with van der Waals surface area (Å²) in [5, 5.41) is 0.777. The number of carbonyl (C=O) groups excluding carboxylic acids is 2. The quantitative estimate of drug-likeness (QED) is 0.481. The number of methoxy groups -OCH3 is 1. The molecular formula is C14H14ClNO4S. The summed E-state index contributed by atoms with van der Waals surface area (Å²) in [6, 6.07) is -0.664. The molecule has 1 aromatic rings. The Bertz CT molecular complexity index is 681. The number of aromatic nitrogens is 1. The number of ether oxygens (including phenoxy) is 1. The highest BCUT2D eigenvalue weighted by Gasteiger charge is 2.39. The Morgan fingerprint density at radius 1 is 1.52 bits per heavy atom. The number of hydrogen-bond donors (Lipinski definition) is 0. The van der Waals surface area contributed by atoms with Crippen molar-refractivity contribution in [3.8, 4) is 0 Å². The number of pyridine rings is 1. The molecule has 2 aliphatic rings. The molecule has 7 heteroatoms. The molecule has 0 amide bonds. The second-order valence-corrected chi connectivity index (χ2v) is 6.44. The molecule has 1 atom stereocenters. The fourth-order valence-corrected chi connectivity index (χ4v) is 4.47. The smallest absolute Gasteiger partial charge is 0.329 e. The first-order valence-electron chi connectivity index (χ1n) is 6.67. The number of nitrogens with zero attached hydrogens (tertiary/aromatic N) is 1. The standard InChI is InChI=1S/C14H14ClNO4S/c1-20-14(19)10-6-21-13-11(7-2-3-7)8(4-15)9(5-17)12(18)16(10)13/h5,7,10H,2-4,6H2,1H3/t10-/m0/s1. The summed E-state index contributed by atoms with van der Waals surface area (Å²) >= 11 is 7.44. The van der Waals surface area contributed by atoms with Gasteiger partial charge in [-0.25, -0.2) is 4.79 Å². The molecule has 1 saturated carbocycles. The van der Waals surface area contributed by atoms with Crippen LogP contribution in [-0.4, -0.2) is 29.7 Å². The number of rotatable bonds is 4. The van der Waals surface area contributed by atoms with Gasteiger partial charge in [-0.15, -0.1) is 23.4 Å². The number of aldehydes is 1. The van der Waals surface area contributed by atoms with Crippen LogP contribution in [0.1, 0.15) is 46.3 Å². The summed E-state index contributed by atoms with van der Waals surface area (Å²) in [7, 11) is 1.30. The fraction of sp³-hybridized carbons (Fsp3) is 0.500. The SMILES string of the molecule is COC(=O)[C@@H]1CSc2c(C3CC3)c(CCl)c(C=O)c(=O)n21. The summed E-state index contributed by atoms with van der Waals surface area (Å²) in [6.07, 6.45) is 2.60. The van der Waals surface area contributed by atoms with Crippen LogP contribution in [0.15, 0.2) is 9.82 Å². The number of halogens is 1. The van der Waals surface area contributed by atoms with E-state index in [0.717, 1.165) is 23.4 Å². The highest BCUT2D eigenvalue weighted by Crippen LogP contribution is 2.49. The molecule has 3 rings (SSSR count). The number of alkyl halides is 1. The topological polar surface area (TPSA) is 65.4 Å². The molecule has 1 fully saturated rings. The van der Waals surface area contributed by atoms with E-state index in [4.69, 9.17) is 16.3 Å². The Hall–Kier alpha value is -1.27. The largest absolute Gasteiger partial charge is 0.467 e. The average molecular weight is 328 g/mol. The van der Waals surface area contributed by atoms with Crippen LogP contribution in [0.5, 0.6) is 0 Å². The number of thioether (sulfide) groups is 1. The lowest BCUT2D eigenvalue weighted by Gasteiger charge is -2.17. The third kappa shape index (κ3) is 2.21. The van der Waals surface area contributed by atoms with E-state index in [1.165, 1.54) is 23.4 Å². The Labute approximate surface area is 130 Å². The molecule has 0 saturated heterocycles. The minimum Gasteiger partial charge on any atom is -0.467 e. The first-order valence-corrected chi connectivity index (χ1v) is 8.19. The van der Waals surface area contributed by atoms with Crippen LogP contribution in [0.25, 0.3) is 0 Å². The maximum absolute atomic E-state index is 12.5. The highest BCUT2D eigenvalue weighted by atomic mass is 35.5. The van der Waals surface area contributed by atoms with Crippen LogP contribution in [0.4, 0.5) is 0 Å². The van der Waals surface area contributed by atoms with Gasteiger partial charge in [-0.3, -0.25) is 14.2 Å². The molecule has 0 bridgehead atoms. The van der Waals surface area contributed by atoms with Crippen molar-refractivity contribution in [2.75, 3.05) is 12.9 Å². The van der Waals surface area contributed by atoms with E-state index in [0.29, 0.717) is 23.5 Å². The molecule has 0 aromatic carbocycles. The lowest BCUT2D eigenvalue weighted by Crippen LogP contribution is -2.33. The number of fused-ring (bicyclic) bond motifs is 1. The molecule has 1 aliphatic heterocycles. The van der Waals surface area contributed by atoms with Gasteiger partial charge in [-0.1, -0.05) is 0 Å². The Kier molecular flexibility index (Phi) is 3.84. The van der Waals surface area contributed by atoms with Crippen LogP contribution in [0.3, 0.4) is 0 Å². The van der Waals surface area contributed by atoms with E-state index in [2.05, 4.69) is 0 Å². The molecule has 0 N–H and O–H groups in total. The third-order valence-corrected chi connectivity index (χ3v) is 5.39. The van der Waals surface area contributed by atoms with Crippen molar-refractivity contribution in [3.63, 3.8) is 0 Å². The van der Waals surface area contributed by atoms with Crippen LogP contribution in [-0.2, 0) is 15.4 Å². The van der Waals surface area contributed by atoms with Gasteiger partial charge in [-0.2, -0.15) is 0 Å². The first-order chi connectivity index (χ1) is 10.1. The van der Waals surface area contributed by atoms with E-state index in [1.807, 2.05) is 0 Å². The summed E-state index contributed by atoms with van der Waals surface area (Å²) < 4.78 is 6.19. The Morgan fingerprint density at radius 3 is 2.76 bits per heavy atom. The number of carbonyl (C=O) groups is 2. The monoisotopic (exact) mass is 327 g/mol. The van der Waals surface area contributed by atoms with Gasteiger partial charge in [0.2, 0.25) is 0 Å². The van der Waals surface area contributed by atoms with E-state index < -0.39 is 17.6 Å². The van der Waals surface area contributed by atoms with Crippen molar-refractivity contribution in [1.29, 1.82) is 0 Å². The van der Waals surface area contributed by atoms with Crippen molar-refractivity contribution < 1.29 is 14.3 Å². The zero-order chi connectivity index (χ0) is 15.1. The van der Waals surface area contributed by atoms with Crippen LogP contribution >= 0.6 is 23.4 Å². The molecule has 1 aromatic heterocycles. The van der Waals surface area contributed by atoms with Crippen molar-refractivity contribution in [3.05, 3.63) is 27.0 Å². The predicted molar refractivity (Wildman–Crippen MR) is 79.4 cm³/mol. The average Bonchev–Trinajstić information content (AvgIpc) is 3.23. The molecule has 0 spiro atoms. The number of esters is 1. The highest BCUT2D eigenvalue weighted by molar-refractivity contribution is 7.99. The third-order valence-electron chi connectivity index (χ3n) is 3.95. The molecule has 0 unspecified atom stereocenters. The summed E-state index contributed by atoms with van der Waals surface area (Å²) in [4.78, 5) is 35.8. The van der Waals surface area contributed by atoms with Crippen LogP contribution in [0.2, 0.25) is 0 Å². The zero-order valence-corrected chi connectivity index (χ0v) is 13.0. The van der Waals surface area contributed by atoms with Crippen molar-refractivity contribution in [2.24, 2.45) is 0 Å². The molecule has 112 valence electrons. The van der Waals surface area contributed by atoms with Crippen LogP contribution in [0, 0.1) is 0 Å². The van der Waals surface area contributed by atoms with Gasteiger partial charge in [-0.05, 0) is 29.9 Å². The van der Waals surface area contributed by atoms with Crippen molar-refractivity contribution in [2.45, 2.75) is 35.7 Å². The van der Waals surface area contributed by atoms with Gasteiger partial charge in [0.05, 0.1) is 17.7 Å². The Morgan fingerprint density at radius 2 is 2.24 bits per heavy atom. The second kappa shape index (κ2) is 5.50. The van der Waals surface area contributed by atoms with Crippen molar-refractivity contribution >= 4 is 35.6 Å². The normalized spacial score (nSPS) is 20.2. The van der Waals surface area contributed by atoms with Crippen LogP contribution < -0.4 is 5.56 Å². The van der Waals surface area contributed by atoms with Gasteiger partial charge in [0, 0.05) is 11.6 Å². The summed E-state index contributed by atoms with van der Waals surface area (Å²) in [5.74, 6) is 0.460. The van der Waals surface area contributed by atoms with E-state index in [1.54, 1.807) is 0 Å². The lowest BCUT2D eigenvalue weighted by atomic mass is 10.0. The minimum absolute atomic E-state index is 0.0760. The predicted octanol–water partition coefficient (Wildman–Crippen LogP) is 2.10. The molecule has 2 heterocycles. The molecule has 1 aliphatic carbocycles. The molecule has 5 nitrogen and oxygen atoms in total. The van der Waals surface area contributed by atoms with Gasteiger partial charge in [0.15, 0.2) is 6.29 Å². The molecule has 21 heavy (non-hydrogen) atoms. The van der Waals surface area contributed by atoms with Gasteiger partial charge in [0.1, 0.15) is 6.04 Å². The molecular weight excluding hydrogens is 314 g/mol. The van der Waals surface area contributed by atoms with E-state index in [-0.39, 0.29) is 11.4 Å². The fourth-order valence-electron chi connectivity index (χ4n) is 2.79. The van der Waals surface area contributed by atoms with Gasteiger partial charge < -0.3 is 4.74 Å². The zero-order valence-electron chi connectivity index (χ0n) is 11.4. The number of hydrogen-bond acceptors (Lipinski definition) is 5. The maximum Gasteiger partial charge on any atom is 0.329 e.